The Balaban J connectivity index is 2.65. The summed E-state index contributed by atoms with van der Waals surface area (Å²) in [6.45, 7) is 4.09. The van der Waals surface area contributed by atoms with E-state index in [1.54, 1.807) is 0 Å². The predicted octanol–water partition coefficient (Wildman–Crippen LogP) is 1.68. The molecule has 1 aliphatic carbocycles. The van der Waals surface area contributed by atoms with Gasteiger partial charge < -0.3 is 4.74 Å². The molecule has 0 aromatic heterocycles. The molecular formula is C9H12O2. The number of ether oxygens (including phenoxy) is 1. The maximum absolute atomic E-state index is 11.2. The van der Waals surface area contributed by atoms with E-state index in [4.69, 9.17) is 4.74 Å². The van der Waals surface area contributed by atoms with Crippen LogP contribution in [0.4, 0.5) is 0 Å². The Bertz CT molecular complexity index is 202. The second-order valence-corrected chi connectivity index (χ2v) is 2.72. The van der Waals surface area contributed by atoms with E-state index in [1.807, 2.05) is 38.2 Å². The van der Waals surface area contributed by atoms with Crippen LogP contribution in [-0.4, -0.2) is 12.6 Å². The topological polar surface area (TPSA) is 26.3 Å². The third kappa shape index (κ3) is 1.50. The van der Waals surface area contributed by atoms with Gasteiger partial charge >= 0.3 is 5.97 Å². The molecule has 0 fully saturated rings. The van der Waals surface area contributed by atoms with Gasteiger partial charge in [0.05, 0.1) is 6.61 Å². The molecule has 0 radical (unpaired) electrons. The smallest absolute Gasteiger partial charge is 0.319 e. The van der Waals surface area contributed by atoms with Crippen LogP contribution in [0.5, 0.6) is 0 Å². The minimum atomic E-state index is -0.518. The van der Waals surface area contributed by atoms with Crippen molar-refractivity contribution in [3.8, 4) is 0 Å². The first-order valence-electron chi connectivity index (χ1n) is 3.73. The van der Waals surface area contributed by atoms with Gasteiger partial charge in [0.25, 0.3) is 0 Å². The molecule has 2 nitrogen and oxygen atoms in total. The fraction of sp³-hybridized carbons (Fsp3) is 0.444. The van der Waals surface area contributed by atoms with Crippen molar-refractivity contribution in [1.82, 2.24) is 0 Å². The number of carbonyl (C=O) groups excluding carboxylic acids is 1. The lowest BCUT2D eigenvalue weighted by Crippen LogP contribution is -2.24. The zero-order chi connectivity index (χ0) is 8.32. The molecule has 11 heavy (non-hydrogen) atoms. The highest BCUT2D eigenvalue weighted by Gasteiger charge is 2.30. The second-order valence-electron chi connectivity index (χ2n) is 2.72. The van der Waals surface area contributed by atoms with Gasteiger partial charge in [-0.1, -0.05) is 24.3 Å². The highest BCUT2D eigenvalue weighted by Crippen LogP contribution is 2.26. The highest BCUT2D eigenvalue weighted by atomic mass is 16.5. The Morgan fingerprint density at radius 2 is 2.00 bits per heavy atom. The number of rotatable bonds is 2. The van der Waals surface area contributed by atoms with E-state index in [0.717, 1.165) is 0 Å². The minimum absolute atomic E-state index is 0.176. The molecule has 0 unspecified atom stereocenters. The third-order valence-corrected chi connectivity index (χ3v) is 1.71. The van der Waals surface area contributed by atoms with Gasteiger partial charge in [-0.05, 0) is 13.8 Å². The van der Waals surface area contributed by atoms with Crippen LogP contribution in [0.15, 0.2) is 24.3 Å². The zero-order valence-electron chi connectivity index (χ0n) is 6.83. The summed E-state index contributed by atoms with van der Waals surface area (Å²) in [5.41, 5.74) is -0.518. The molecule has 0 N–H and O–H groups in total. The van der Waals surface area contributed by atoms with Crippen molar-refractivity contribution in [3.63, 3.8) is 0 Å². The fourth-order valence-electron chi connectivity index (χ4n) is 0.989. The van der Waals surface area contributed by atoms with Crippen molar-refractivity contribution < 1.29 is 9.53 Å². The summed E-state index contributed by atoms with van der Waals surface area (Å²) in [4.78, 5) is 11.2. The van der Waals surface area contributed by atoms with E-state index in [0.29, 0.717) is 6.61 Å². The lowest BCUT2D eigenvalue weighted by molar-refractivity contribution is -0.149. The Labute approximate surface area is 66.5 Å². The molecule has 0 aliphatic heterocycles. The van der Waals surface area contributed by atoms with Crippen LogP contribution in [0.1, 0.15) is 13.8 Å². The normalized spacial score (nSPS) is 18.7. The molecule has 0 amide bonds. The van der Waals surface area contributed by atoms with Crippen molar-refractivity contribution in [2.75, 3.05) is 6.61 Å². The van der Waals surface area contributed by atoms with E-state index in [1.165, 1.54) is 0 Å². The van der Waals surface area contributed by atoms with Gasteiger partial charge in [-0.2, -0.15) is 0 Å². The van der Waals surface area contributed by atoms with Crippen molar-refractivity contribution in [3.05, 3.63) is 24.3 Å². The Morgan fingerprint density at radius 3 is 2.45 bits per heavy atom. The van der Waals surface area contributed by atoms with Crippen molar-refractivity contribution in [1.29, 1.82) is 0 Å². The molecule has 0 aromatic rings. The molecule has 0 heterocycles. The average molecular weight is 152 g/mol. The molecular weight excluding hydrogens is 140 g/mol. The molecule has 0 atom stereocenters. The fourth-order valence-corrected chi connectivity index (χ4v) is 0.989. The second kappa shape index (κ2) is 2.91. The monoisotopic (exact) mass is 152 g/mol. The lowest BCUT2D eigenvalue weighted by atomic mass is 9.93. The average Bonchev–Trinajstić information content (AvgIpc) is 2.38. The van der Waals surface area contributed by atoms with Crippen LogP contribution in [0.3, 0.4) is 0 Å². The molecule has 2 heteroatoms. The molecule has 0 bridgehead atoms. The van der Waals surface area contributed by atoms with Gasteiger partial charge in [0.1, 0.15) is 5.41 Å². The van der Waals surface area contributed by atoms with E-state index in [9.17, 15) is 4.79 Å². The maximum atomic E-state index is 11.2. The van der Waals surface area contributed by atoms with E-state index in [-0.39, 0.29) is 5.97 Å². The first kappa shape index (κ1) is 8.05. The first-order valence-corrected chi connectivity index (χ1v) is 3.73. The molecule has 0 saturated heterocycles. The van der Waals surface area contributed by atoms with Crippen LogP contribution in [0.25, 0.3) is 0 Å². The van der Waals surface area contributed by atoms with Crippen LogP contribution in [-0.2, 0) is 9.53 Å². The quantitative estimate of drug-likeness (QED) is 0.563. The van der Waals surface area contributed by atoms with Crippen LogP contribution in [0, 0.1) is 5.41 Å². The zero-order valence-corrected chi connectivity index (χ0v) is 6.83. The van der Waals surface area contributed by atoms with Gasteiger partial charge in [-0.15, -0.1) is 0 Å². The Kier molecular flexibility index (Phi) is 2.13. The molecule has 1 rings (SSSR count). The number of allylic oxidation sites excluding steroid dienone is 2. The van der Waals surface area contributed by atoms with Gasteiger partial charge in [0, 0.05) is 0 Å². The third-order valence-electron chi connectivity index (χ3n) is 1.71. The lowest BCUT2D eigenvalue weighted by Gasteiger charge is -2.16. The summed E-state index contributed by atoms with van der Waals surface area (Å²) in [6, 6.07) is 0. The van der Waals surface area contributed by atoms with Gasteiger partial charge in [0.15, 0.2) is 0 Å². The maximum Gasteiger partial charge on any atom is 0.319 e. The van der Waals surface area contributed by atoms with E-state index >= 15 is 0 Å². The van der Waals surface area contributed by atoms with Gasteiger partial charge in [-0.25, -0.2) is 0 Å². The summed E-state index contributed by atoms with van der Waals surface area (Å²) in [5, 5.41) is 0. The number of hydrogen-bond donors (Lipinski definition) is 0. The largest absolute Gasteiger partial charge is 0.465 e. The summed E-state index contributed by atoms with van der Waals surface area (Å²) in [7, 11) is 0. The number of carbonyl (C=O) groups is 1. The van der Waals surface area contributed by atoms with Crippen molar-refractivity contribution in [2.45, 2.75) is 13.8 Å². The van der Waals surface area contributed by atoms with E-state index in [2.05, 4.69) is 0 Å². The van der Waals surface area contributed by atoms with Gasteiger partial charge in [0.2, 0.25) is 0 Å². The van der Waals surface area contributed by atoms with Crippen LogP contribution < -0.4 is 0 Å². The SMILES string of the molecule is CCOC(=O)C1(C)C=CC=C1. The molecule has 0 saturated carbocycles. The minimum Gasteiger partial charge on any atom is -0.465 e. The number of hydrogen-bond acceptors (Lipinski definition) is 2. The van der Waals surface area contributed by atoms with Crippen LogP contribution >= 0.6 is 0 Å². The molecule has 0 spiro atoms. The van der Waals surface area contributed by atoms with Gasteiger partial charge in [-0.3, -0.25) is 4.79 Å². The summed E-state index contributed by atoms with van der Waals surface area (Å²) >= 11 is 0. The summed E-state index contributed by atoms with van der Waals surface area (Å²) < 4.78 is 4.89. The van der Waals surface area contributed by atoms with Crippen molar-refractivity contribution >= 4 is 5.97 Å². The first-order chi connectivity index (χ1) is 5.19. The Morgan fingerprint density at radius 1 is 1.45 bits per heavy atom. The molecule has 60 valence electrons. The molecule has 1 aliphatic rings. The highest BCUT2D eigenvalue weighted by molar-refractivity contribution is 5.82. The summed E-state index contributed by atoms with van der Waals surface area (Å²) in [6.07, 6.45) is 7.39. The summed E-state index contributed by atoms with van der Waals surface area (Å²) in [5.74, 6) is -0.176. The standard InChI is InChI=1S/C9H12O2/c1-3-11-8(10)9(2)6-4-5-7-9/h4-7H,3H2,1-2H3. The number of esters is 1. The van der Waals surface area contributed by atoms with Crippen molar-refractivity contribution in [2.24, 2.45) is 5.41 Å². The molecule has 0 aromatic carbocycles. The predicted molar refractivity (Wildman–Crippen MR) is 43.0 cm³/mol. The van der Waals surface area contributed by atoms with E-state index < -0.39 is 5.41 Å². The van der Waals surface area contributed by atoms with Crippen LogP contribution in [0.2, 0.25) is 0 Å². The Hall–Kier alpha value is -1.05.